The zero-order valence-corrected chi connectivity index (χ0v) is 12.4. The van der Waals surface area contributed by atoms with Gasteiger partial charge in [0, 0.05) is 18.6 Å². The van der Waals surface area contributed by atoms with Crippen molar-refractivity contribution in [1.82, 2.24) is 10.6 Å². The summed E-state index contributed by atoms with van der Waals surface area (Å²) in [5, 5.41) is 15.2. The Morgan fingerprint density at radius 2 is 2.14 bits per heavy atom. The monoisotopic (exact) mass is 292 g/mol. The van der Waals surface area contributed by atoms with Gasteiger partial charge in [0.1, 0.15) is 0 Å². The van der Waals surface area contributed by atoms with Crippen molar-refractivity contribution in [1.29, 1.82) is 0 Å². The van der Waals surface area contributed by atoms with Crippen LogP contribution in [-0.4, -0.2) is 43.0 Å². The Morgan fingerprint density at radius 1 is 1.38 bits per heavy atom. The van der Waals surface area contributed by atoms with Crippen LogP contribution in [0.4, 0.5) is 4.79 Å². The molecule has 0 aliphatic carbocycles. The van der Waals surface area contributed by atoms with E-state index in [1.165, 1.54) is 0 Å². The van der Waals surface area contributed by atoms with Crippen LogP contribution in [0.5, 0.6) is 0 Å². The number of aliphatic hydroxyl groups excluding tert-OH is 1. The molecule has 0 unspecified atom stereocenters. The molecule has 0 bridgehead atoms. The summed E-state index contributed by atoms with van der Waals surface area (Å²) in [5.41, 5.74) is 1.09. The van der Waals surface area contributed by atoms with Gasteiger partial charge in [-0.1, -0.05) is 30.3 Å². The fraction of sp³-hybridized carbons (Fsp3) is 0.562. The molecule has 2 amide bonds. The maximum atomic E-state index is 12.0. The summed E-state index contributed by atoms with van der Waals surface area (Å²) in [6.45, 7) is 3.38. The average molecular weight is 292 g/mol. The molecule has 116 valence electrons. The molecule has 1 aliphatic rings. The van der Waals surface area contributed by atoms with Gasteiger partial charge < -0.3 is 20.5 Å². The van der Waals surface area contributed by atoms with Crippen molar-refractivity contribution in [3.05, 3.63) is 35.9 Å². The van der Waals surface area contributed by atoms with Crippen LogP contribution in [0.25, 0.3) is 0 Å². The largest absolute Gasteiger partial charge is 0.394 e. The van der Waals surface area contributed by atoms with Crippen LogP contribution in [-0.2, 0) is 11.2 Å². The van der Waals surface area contributed by atoms with Crippen molar-refractivity contribution < 1.29 is 14.6 Å². The molecule has 0 spiro atoms. The zero-order chi connectivity index (χ0) is 15.1. The van der Waals surface area contributed by atoms with Crippen LogP contribution in [0.15, 0.2) is 30.3 Å². The smallest absolute Gasteiger partial charge is 0.315 e. The van der Waals surface area contributed by atoms with E-state index < -0.39 is 0 Å². The normalized spacial score (nSPS) is 20.8. The van der Waals surface area contributed by atoms with Gasteiger partial charge in [0.2, 0.25) is 0 Å². The number of ether oxygens (including phenoxy) is 1. The minimum Gasteiger partial charge on any atom is -0.394 e. The van der Waals surface area contributed by atoms with Crippen molar-refractivity contribution in [2.24, 2.45) is 5.92 Å². The summed E-state index contributed by atoms with van der Waals surface area (Å²) in [7, 11) is 0. The molecule has 1 heterocycles. The fourth-order valence-corrected chi connectivity index (χ4v) is 2.56. The molecule has 1 aromatic rings. The third-order valence-corrected chi connectivity index (χ3v) is 3.91. The highest BCUT2D eigenvalue weighted by Crippen LogP contribution is 2.16. The number of hydrogen-bond acceptors (Lipinski definition) is 3. The highest BCUT2D eigenvalue weighted by Gasteiger charge is 2.24. The van der Waals surface area contributed by atoms with E-state index in [2.05, 4.69) is 10.6 Å². The van der Waals surface area contributed by atoms with Gasteiger partial charge in [0.05, 0.1) is 19.3 Å². The number of nitrogens with one attached hydrogen (secondary N) is 2. The lowest BCUT2D eigenvalue weighted by Crippen LogP contribution is -2.49. The van der Waals surface area contributed by atoms with E-state index in [-0.39, 0.29) is 24.7 Å². The molecule has 2 rings (SSSR count). The Bertz CT molecular complexity index is 432. The molecule has 5 nitrogen and oxygen atoms in total. The molecule has 1 saturated heterocycles. The Balaban J connectivity index is 1.79. The van der Waals surface area contributed by atoms with Crippen LogP contribution in [0.3, 0.4) is 0 Å². The predicted molar refractivity (Wildman–Crippen MR) is 81.1 cm³/mol. The van der Waals surface area contributed by atoms with Crippen LogP contribution in [0.1, 0.15) is 18.9 Å². The first kappa shape index (κ1) is 15.8. The third kappa shape index (κ3) is 5.02. The lowest BCUT2D eigenvalue weighted by atomic mass is 10.0. The van der Waals surface area contributed by atoms with Crippen LogP contribution < -0.4 is 10.6 Å². The lowest BCUT2D eigenvalue weighted by Gasteiger charge is -2.22. The van der Waals surface area contributed by atoms with E-state index in [1.54, 1.807) is 0 Å². The third-order valence-electron chi connectivity index (χ3n) is 3.91. The molecule has 3 N–H and O–H groups in total. The second-order valence-electron chi connectivity index (χ2n) is 5.60. The molecule has 5 heteroatoms. The zero-order valence-electron chi connectivity index (χ0n) is 12.4. The number of urea groups is 1. The highest BCUT2D eigenvalue weighted by atomic mass is 16.5. The quantitative estimate of drug-likeness (QED) is 0.740. The molecule has 1 aromatic carbocycles. The first-order valence-electron chi connectivity index (χ1n) is 7.48. The standard InChI is InChI=1S/C16H24N2O3/c1-12(14-7-8-21-11-14)17-16(20)18-15(10-19)9-13-5-3-2-4-6-13/h2-6,12,14-15,19H,7-11H2,1H3,(H2,17,18,20)/t12-,14-,15+/m1/s1. The SMILES string of the molecule is C[C@@H](NC(=O)N[C@H](CO)Cc1ccccc1)[C@@H]1CCOC1. The first-order valence-corrected chi connectivity index (χ1v) is 7.48. The van der Waals surface area contributed by atoms with Crippen molar-refractivity contribution in [2.75, 3.05) is 19.8 Å². The van der Waals surface area contributed by atoms with E-state index in [4.69, 9.17) is 4.74 Å². The predicted octanol–water partition coefficient (Wildman–Crippen LogP) is 1.31. The minimum absolute atomic E-state index is 0.0727. The number of aliphatic hydroxyl groups is 1. The van der Waals surface area contributed by atoms with Crippen LogP contribution in [0.2, 0.25) is 0 Å². The maximum absolute atomic E-state index is 12.0. The molecule has 1 aliphatic heterocycles. The Morgan fingerprint density at radius 3 is 2.76 bits per heavy atom. The molecule has 0 saturated carbocycles. The maximum Gasteiger partial charge on any atom is 0.315 e. The number of carbonyl (C=O) groups is 1. The first-order chi connectivity index (χ1) is 10.2. The number of amides is 2. The van der Waals surface area contributed by atoms with Crippen molar-refractivity contribution in [3.63, 3.8) is 0 Å². The number of hydrogen-bond donors (Lipinski definition) is 3. The topological polar surface area (TPSA) is 70.6 Å². The second kappa shape index (κ2) is 8.00. The van der Waals surface area contributed by atoms with Gasteiger partial charge in [0.15, 0.2) is 0 Å². The van der Waals surface area contributed by atoms with Crippen molar-refractivity contribution in [3.8, 4) is 0 Å². The van der Waals surface area contributed by atoms with Gasteiger partial charge in [-0.05, 0) is 25.3 Å². The number of benzene rings is 1. The van der Waals surface area contributed by atoms with E-state index in [0.717, 1.165) is 18.6 Å². The van der Waals surface area contributed by atoms with E-state index in [9.17, 15) is 9.90 Å². The summed E-state index contributed by atoms with van der Waals surface area (Å²) in [4.78, 5) is 12.0. The van der Waals surface area contributed by atoms with E-state index in [0.29, 0.717) is 18.9 Å². The minimum atomic E-state index is -0.278. The van der Waals surface area contributed by atoms with Gasteiger partial charge in [-0.15, -0.1) is 0 Å². The molecular formula is C16H24N2O3. The highest BCUT2D eigenvalue weighted by molar-refractivity contribution is 5.74. The number of rotatable bonds is 6. The van der Waals surface area contributed by atoms with E-state index >= 15 is 0 Å². The number of carbonyl (C=O) groups excluding carboxylic acids is 1. The van der Waals surface area contributed by atoms with Crippen molar-refractivity contribution in [2.45, 2.75) is 31.8 Å². The van der Waals surface area contributed by atoms with Gasteiger partial charge in [-0.2, -0.15) is 0 Å². The molecule has 1 fully saturated rings. The van der Waals surface area contributed by atoms with Gasteiger partial charge in [-0.25, -0.2) is 4.79 Å². The Hall–Kier alpha value is -1.59. The van der Waals surface area contributed by atoms with E-state index in [1.807, 2.05) is 37.3 Å². The molecular weight excluding hydrogens is 268 g/mol. The van der Waals surface area contributed by atoms with Gasteiger partial charge in [0.25, 0.3) is 0 Å². The summed E-state index contributed by atoms with van der Waals surface area (Å²) >= 11 is 0. The molecule has 3 atom stereocenters. The Labute approximate surface area is 125 Å². The summed E-state index contributed by atoms with van der Waals surface area (Å²) < 4.78 is 5.33. The van der Waals surface area contributed by atoms with Gasteiger partial charge in [-0.3, -0.25) is 0 Å². The Kier molecular flexibility index (Phi) is 6.02. The molecule has 0 radical (unpaired) electrons. The second-order valence-corrected chi connectivity index (χ2v) is 5.60. The van der Waals surface area contributed by atoms with Crippen LogP contribution in [0, 0.1) is 5.92 Å². The lowest BCUT2D eigenvalue weighted by molar-refractivity contribution is 0.176. The fourth-order valence-electron chi connectivity index (χ4n) is 2.56. The molecule has 0 aromatic heterocycles. The van der Waals surface area contributed by atoms with Crippen LogP contribution >= 0.6 is 0 Å². The van der Waals surface area contributed by atoms with Crippen molar-refractivity contribution >= 4 is 6.03 Å². The summed E-state index contributed by atoms with van der Waals surface area (Å²) in [6.07, 6.45) is 1.60. The summed E-state index contributed by atoms with van der Waals surface area (Å²) in [5.74, 6) is 0.373. The molecule has 21 heavy (non-hydrogen) atoms. The summed E-state index contributed by atoms with van der Waals surface area (Å²) in [6, 6.07) is 9.38. The average Bonchev–Trinajstić information content (AvgIpc) is 3.02. The van der Waals surface area contributed by atoms with Gasteiger partial charge >= 0.3 is 6.03 Å².